The Hall–Kier alpha value is -2.82. The van der Waals surface area contributed by atoms with Crippen molar-refractivity contribution in [1.29, 1.82) is 0 Å². The molecule has 2 N–H and O–H groups in total. The summed E-state index contributed by atoms with van der Waals surface area (Å²) in [6.45, 7) is 0.220. The molecule has 0 saturated carbocycles. The van der Waals surface area contributed by atoms with Gasteiger partial charge in [0.05, 0.1) is 6.42 Å². The Labute approximate surface area is 121 Å². The van der Waals surface area contributed by atoms with E-state index in [1.54, 1.807) is 0 Å². The molecule has 2 aromatic rings. The van der Waals surface area contributed by atoms with Gasteiger partial charge < -0.3 is 14.9 Å². The van der Waals surface area contributed by atoms with Crippen LogP contribution in [-0.4, -0.2) is 22.2 Å². The lowest BCUT2D eigenvalue weighted by Gasteiger charge is -2.10. The lowest BCUT2D eigenvalue weighted by molar-refractivity contribution is -0.136. The second-order valence-electron chi connectivity index (χ2n) is 4.48. The fourth-order valence-corrected chi connectivity index (χ4v) is 1.88. The maximum atomic E-state index is 11.2. The van der Waals surface area contributed by atoms with Crippen molar-refractivity contribution < 1.29 is 24.5 Å². The predicted octanol–water partition coefficient (Wildman–Crippen LogP) is 2.59. The molecule has 0 amide bonds. The molecule has 0 unspecified atom stereocenters. The highest BCUT2D eigenvalue weighted by molar-refractivity contribution is 5.91. The smallest absolute Gasteiger partial charge is 0.339 e. The summed E-state index contributed by atoms with van der Waals surface area (Å²) in [5.74, 6) is -1.92. The van der Waals surface area contributed by atoms with E-state index in [0.717, 1.165) is 5.56 Å². The SMILES string of the molecule is O=C(O)Cc1ccc(C(=O)O)c(OCc2ccccc2)c1. The number of aliphatic carboxylic acids is 1. The summed E-state index contributed by atoms with van der Waals surface area (Å²) in [6, 6.07) is 13.6. The minimum atomic E-state index is -1.11. The van der Waals surface area contributed by atoms with Crippen molar-refractivity contribution >= 4 is 11.9 Å². The molecule has 0 aliphatic heterocycles. The Balaban J connectivity index is 2.22. The number of hydrogen-bond acceptors (Lipinski definition) is 3. The van der Waals surface area contributed by atoms with Crippen LogP contribution < -0.4 is 4.74 Å². The Bertz CT molecular complexity index is 649. The van der Waals surface area contributed by atoms with Gasteiger partial charge in [0.2, 0.25) is 0 Å². The average Bonchev–Trinajstić information content (AvgIpc) is 2.45. The van der Waals surface area contributed by atoms with Crippen LogP contribution in [0.15, 0.2) is 48.5 Å². The van der Waals surface area contributed by atoms with Crippen LogP contribution in [0, 0.1) is 0 Å². The van der Waals surface area contributed by atoms with Crippen LogP contribution in [-0.2, 0) is 17.8 Å². The second-order valence-corrected chi connectivity index (χ2v) is 4.48. The Morgan fingerprint density at radius 1 is 0.952 bits per heavy atom. The van der Waals surface area contributed by atoms with Crippen molar-refractivity contribution in [2.24, 2.45) is 0 Å². The first kappa shape index (κ1) is 14.6. The molecular formula is C16H14O5. The summed E-state index contributed by atoms with van der Waals surface area (Å²) >= 11 is 0. The number of carboxylic acid groups (broad SMARTS) is 2. The molecule has 0 fully saturated rings. The predicted molar refractivity (Wildman–Crippen MR) is 75.5 cm³/mol. The number of rotatable bonds is 6. The van der Waals surface area contributed by atoms with E-state index in [2.05, 4.69) is 0 Å². The van der Waals surface area contributed by atoms with Crippen molar-refractivity contribution in [2.45, 2.75) is 13.0 Å². The molecule has 0 atom stereocenters. The van der Waals surface area contributed by atoms with Gasteiger partial charge in [-0.25, -0.2) is 4.79 Å². The van der Waals surface area contributed by atoms with E-state index < -0.39 is 11.9 Å². The van der Waals surface area contributed by atoms with Crippen molar-refractivity contribution in [1.82, 2.24) is 0 Å². The first-order valence-corrected chi connectivity index (χ1v) is 6.31. The number of benzene rings is 2. The summed E-state index contributed by atoms with van der Waals surface area (Å²) in [5, 5.41) is 17.9. The molecule has 0 saturated heterocycles. The van der Waals surface area contributed by atoms with Gasteiger partial charge in [0.25, 0.3) is 0 Å². The maximum absolute atomic E-state index is 11.2. The first-order chi connectivity index (χ1) is 10.1. The van der Waals surface area contributed by atoms with E-state index in [-0.39, 0.29) is 24.3 Å². The summed E-state index contributed by atoms with van der Waals surface area (Å²) < 4.78 is 5.53. The third-order valence-electron chi connectivity index (χ3n) is 2.87. The fraction of sp³-hybridized carbons (Fsp3) is 0.125. The zero-order valence-corrected chi connectivity index (χ0v) is 11.2. The van der Waals surface area contributed by atoms with Gasteiger partial charge >= 0.3 is 11.9 Å². The molecule has 21 heavy (non-hydrogen) atoms. The van der Waals surface area contributed by atoms with Gasteiger partial charge in [0, 0.05) is 0 Å². The monoisotopic (exact) mass is 286 g/mol. The molecule has 2 aromatic carbocycles. The van der Waals surface area contributed by atoms with Gasteiger partial charge in [0.1, 0.15) is 17.9 Å². The molecule has 0 radical (unpaired) electrons. The number of ether oxygens (including phenoxy) is 1. The maximum Gasteiger partial charge on any atom is 0.339 e. The molecule has 0 bridgehead atoms. The second kappa shape index (κ2) is 6.56. The Morgan fingerprint density at radius 2 is 1.67 bits per heavy atom. The van der Waals surface area contributed by atoms with Crippen LogP contribution in [0.25, 0.3) is 0 Å². The van der Waals surface area contributed by atoms with Crippen LogP contribution in [0.4, 0.5) is 0 Å². The topological polar surface area (TPSA) is 83.8 Å². The van der Waals surface area contributed by atoms with Gasteiger partial charge in [-0.05, 0) is 23.3 Å². The fourth-order valence-electron chi connectivity index (χ4n) is 1.88. The molecule has 2 rings (SSSR count). The molecule has 0 aliphatic carbocycles. The van der Waals surface area contributed by atoms with Crippen LogP contribution >= 0.6 is 0 Å². The Morgan fingerprint density at radius 3 is 2.29 bits per heavy atom. The highest BCUT2D eigenvalue weighted by Gasteiger charge is 2.13. The van der Waals surface area contributed by atoms with Crippen molar-refractivity contribution in [3.05, 3.63) is 65.2 Å². The molecule has 0 aromatic heterocycles. The summed E-state index contributed by atoms with van der Waals surface area (Å²) in [7, 11) is 0. The highest BCUT2D eigenvalue weighted by Crippen LogP contribution is 2.22. The Kier molecular flexibility index (Phi) is 4.56. The third-order valence-corrected chi connectivity index (χ3v) is 2.87. The molecule has 0 heterocycles. The summed E-state index contributed by atoms with van der Waals surface area (Å²) in [6.07, 6.45) is -0.179. The van der Waals surface area contributed by atoms with E-state index >= 15 is 0 Å². The molecule has 0 spiro atoms. The number of carboxylic acids is 2. The number of hydrogen-bond donors (Lipinski definition) is 2. The first-order valence-electron chi connectivity index (χ1n) is 6.31. The van der Waals surface area contributed by atoms with E-state index in [0.29, 0.717) is 5.56 Å². The lowest BCUT2D eigenvalue weighted by Crippen LogP contribution is -2.06. The van der Waals surface area contributed by atoms with Crippen molar-refractivity contribution in [3.8, 4) is 5.75 Å². The number of aromatic carboxylic acids is 1. The van der Waals surface area contributed by atoms with Gasteiger partial charge in [-0.2, -0.15) is 0 Å². The largest absolute Gasteiger partial charge is 0.488 e. The van der Waals surface area contributed by atoms with Gasteiger partial charge in [-0.1, -0.05) is 36.4 Å². The third kappa shape index (κ3) is 4.07. The number of carbonyl (C=O) groups is 2. The zero-order valence-electron chi connectivity index (χ0n) is 11.2. The van der Waals surface area contributed by atoms with E-state index in [4.69, 9.17) is 14.9 Å². The average molecular weight is 286 g/mol. The van der Waals surface area contributed by atoms with Gasteiger partial charge in [-0.3, -0.25) is 4.79 Å². The summed E-state index contributed by atoms with van der Waals surface area (Å²) in [4.78, 5) is 21.9. The molecule has 5 nitrogen and oxygen atoms in total. The van der Waals surface area contributed by atoms with Crippen LogP contribution in [0.5, 0.6) is 5.75 Å². The zero-order chi connectivity index (χ0) is 15.2. The summed E-state index contributed by atoms with van der Waals surface area (Å²) in [5.41, 5.74) is 1.41. The molecule has 5 heteroatoms. The van der Waals surface area contributed by atoms with Crippen molar-refractivity contribution in [2.75, 3.05) is 0 Å². The lowest BCUT2D eigenvalue weighted by atomic mass is 10.1. The van der Waals surface area contributed by atoms with Crippen LogP contribution in [0.3, 0.4) is 0 Å². The molecule has 108 valence electrons. The normalized spacial score (nSPS) is 10.1. The van der Waals surface area contributed by atoms with E-state index in [9.17, 15) is 9.59 Å². The highest BCUT2D eigenvalue weighted by atomic mass is 16.5. The van der Waals surface area contributed by atoms with Gasteiger partial charge in [0.15, 0.2) is 0 Å². The standard InChI is InChI=1S/C16H14O5/c17-15(18)9-12-6-7-13(16(19)20)14(8-12)21-10-11-4-2-1-3-5-11/h1-8H,9-10H2,(H,17,18)(H,19,20). The van der Waals surface area contributed by atoms with E-state index in [1.807, 2.05) is 30.3 Å². The quantitative estimate of drug-likeness (QED) is 0.852. The van der Waals surface area contributed by atoms with Crippen LogP contribution in [0.1, 0.15) is 21.5 Å². The minimum Gasteiger partial charge on any atom is -0.488 e. The van der Waals surface area contributed by atoms with Crippen LogP contribution in [0.2, 0.25) is 0 Å². The van der Waals surface area contributed by atoms with E-state index in [1.165, 1.54) is 18.2 Å². The van der Waals surface area contributed by atoms with Crippen molar-refractivity contribution in [3.63, 3.8) is 0 Å². The minimum absolute atomic E-state index is 0.0140. The molecular weight excluding hydrogens is 272 g/mol. The van der Waals surface area contributed by atoms with Gasteiger partial charge in [-0.15, -0.1) is 0 Å². The molecule has 0 aliphatic rings.